The molecule has 1 aliphatic heterocycles. The molecule has 0 aliphatic carbocycles. The fourth-order valence-electron chi connectivity index (χ4n) is 4.08. The van der Waals surface area contributed by atoms with Crippen LogP contribution in [0.4, 0.5) is 0 Å². The van der Waals surface area contributed by atoms with Crippen LogP contribution in [0.15, 0.2) is 24.3 Å². The predicted molar refractivity (Wildman–Crippen MR) is 110 cm³/mol. The summed E-state index contributed by atoms with van der Waals surface area (Å²) >= 11 is 0. The van der Waals surface area contributed by atoms with Crippen molar-refractivity contribution in [3.8, 4) is 0 Å². The van der Waals surface area contributed by atoms with Gasteiger partial charge in [0.1, 0.15) is 5.69 Å². The van der Waals surface area contributed by atoms with E-state index in [0.717, 1.165) is 38.8 Å². The van der Waals surface area contributed by atoms with E-state index in [9.17, 15) is 9.59 Å². The minimum absolute atomic E-state index is 0.0206. The molecule has 1 aromatic carbocycles. The monoisotopic (exact) mass is 382 g/mol. The van der Waals surface area contributed by atoms with Crippen LogP contribution in [-0.4, -0.2) is 42.0 Å². The number of hydrogen-bond donors (Lipinski definition) is 1. The molecular weight excluding hydrogens is 352 g/mol. The van der Waals surface area contributed by atoms with Gasteiger partial charge in [-0.05, 0) is 63.5 Å². The van der Waals surface area contributed by atoms with E-state index >= 15 is 0 Å². The van der Waals surface area contributed by atoms with Gasteiger partial charge in [0.25, 0.3) is 5.91 Å². The number of piperidine rings is 1. The number of aromatic amines is 1. The first-order valence-electron chi connectivity index (χ1n) is 10.0. The molecule has 5 heteroatoms. The van der Waals surface area contributed by atoms with Gasteiger partial charge in [0, 0.05) is 18.8 Å². The summed E-state index contributed by atoms with van der Waals surface area (Å²) in [5.74, 6) is 0.232. The second-order valence-corrected chi connectivity index (χ2v) is 7.88. The summed E-state index contributed by atoms with van der Waals surface area (Å²) in [6, 6.07) is 8.76. The number of carbonyl (C=O) groups is 2. The molecule has 1 fully saturated rings. The quantitative estimate of drug-likeness (QED) is 0.788. The highest BCUT2D eigenvalue weighted by atomic mass is 16.5. The van der Waals surface area contributed by atoms with Crippen molar-refractivity contribution in [1.82, 2.24) is 9.88 Å². The van der Waals surface area contributed by atoms with Gasteiger partial charge >= 0.3 is 5.97 Å². The fourth-order valence-corrected chi connectivity index (χ4v) is 4.08. The van der Waals surface area contributed by atoms with Gasteiger partial charge in [-0.3, -0.25) is 4.79 Å². The van der Waals surface area contributed by atoms with Crippen LogP contribution in [0.25, 0.3) is 0 Å². The average Bonchev–Trinajstić information content (AvgIpc) is 3.01. The number of esters is 1. The smallest absolute Gasteiger partial charge is 0.339 e. The molecule has 1 aromatic heterocycles. The molecule has 0 atom stereocenters. The SMILES string of the molecule is COC(=O)c1c(C)[nH]c(C(=O)N2CCC(CCc3ccc(C)cc3)CC2)c1C. The van der Waals surface area contributed by atoms with Crippen molar-refractivity contribution in [2.45, 2.75) is 46.5 Å². The number of aryl methyl sites for hydroxylation is 3. The summed E-state index contributed by atoms with van der Waals surface area (Å²) in [7, 11) is 1.36. The van der Waals surface area contributed by atoms with Crippen molar-refractivity contribution in [3.63, 3.8) is 0 Å². The molecule has 2 heterocycles. The summed E-state index contributed by atoms with van der Waals surface area (Å²) in [5, 5.41) is 0. The minimum Gasteiger partial charge on any atom is -0.465 e. The van der Waals surface area contributed by atoms with Gasteiger partial charge in [0.15, 0.2) is 0 Å². The molecule has 0 radical (unpaired) electrons. The van der Waals surface area contributed by atoms with Gasteiger partial charge in [-0.15, -0.1) is 0 Å². The molecule has 3 rings (SSSR count). The number of methoxy groups -OCH3 is 1. The summed E-state index contributed by atoms with van der Waals surface area (Å²) < 4.78 is 4.84. The van der Waals surface area contributed by atoms with Gasteiger partial charge in [0.05, 0.1) is 12.7 Å². The van der Waals surface area contributed by atoms with E-state index in [4.69, 9.17) is 4.74 Å². The lowest BCUT2D eigenvalue weighted by Gasteiger charge is -2.32. The van der Waals surface area contributed by atoms with Gasteiger partial charge in [0.2, 0.25) is 0 Å². The molecule has 0 spiro atoms. The molecule has 1 amide bonds. The molecule has 1 saturated heterocycles. The van der Waals surface area contributed by atoms with E-state index in [2.05, 4.69) is 36.2 Å². The van der Waals surface area contributed by atoms with E-state index in [0.29, 0.717) is 28.4 Å². The van der Waals surface area contributed by atoms with E-state index in [-0.39, 0.29) is 5.91 Å². The molecule has 28 heavy (non-hydrogen) atoms. The van der Waals surface area contributed by atoms with E-state index < -0.39 is 5.97 Å². The number of rotatable bonds is 5. The Balaban J connectivity index is 1.57. The summed E-state index contributed by atoms with van der Waals surface area (Å²) in [6.45, 7) is 7.24. The number of likely N-dealkylation sites (tertiary alicyclic amines) is 1. The molecule has 1 N–H and O–H groups in total. The van der Waals surface area contributed by atoms with Gasteiger partial charge in [-0.25, -0.2) is 4.79 Å². The normalized spacial score (nSPS) is 14.9. The number of nitrogens with zero attached hydrogens (tertiary/aromatic N) is 1. The van der Waals surface area contributed by atoms with Crippen molar-refractivity contribution in [2.24, 2.45) is 5.92 Å². The highest BCUT2D eigenvalue weighted by Crippen LogP contribution is 2.26. The molecule has 0 bridgehead atoms. The molecule has 0 saturated carbocycles. The number of benzene rings is 1. The summed E-state index contributed by atoms with van der Waals surface area (Å²) in [6.07, 6.45) is 4.31. The molecule has 1 aliphatic rings. The predicted octanol–water partition coefficient (Wildman–Crippen LogP) is 4.21. The lowest BCUT2D eigenvalue weighted by Crippen LogP contribution is -2.39. The zero-order valence-corrected chi connectivity index (χ0v) is 17.3. The van der Waals surface area contributed by atoms with Crippen LogP contribution < -0.4 is 0 Å². The Morgan fingerprint density at radius 2 is 1.75 bits per heavy atom. The van der Waals surface area contributed by atoms with E-state index in [1.54, 1.807) is 13.8 Å². The van der Waals surface area contributed by atoms with Crippen molar-refractivity contribution in [2.75, 3.05) is 20.2 Å². The maximum absolute atomic E-state index is 13.0. The van der Waals surface area contributed by atoms with Gasteiger partial charge in [-0.1, -0.05) is 29.8 Å². The van der Waals surface area contributed by atoms with E-state index in [1.165, 1.54) is 18.2 Å². The highest BCUT2D eigenvalue weighted by Gasteiger charge is 2.28. The summed E-state index contributed by atoms with van der Waals surface area (Å²) in [5.41, 5.74) is 5.02. The van der Waals surface area contributed by atoms with Crippen molar-refractivity contribution < 1.29 is 14.3 Å². The number of H-pyrrole nitrogens is 1. The Morgan fingerprint density at radius 1 is 1.11 bits per heavy atom. The van der Waals surface area contributed by atoms with Crippen LogP contribution in [0, 0.1) is 26.7 Å². The van der Waals surface area contributed by atoms with Crippen LogP contribution in [0.3, 0.4) is 0 Å². The maximum Gasteiger partial charge on any atom is 0.339 e. The molecule has 5 nitrogen and oxygen atoms in total. The number of amides is 1. The number of hydrogen-bond acceptors (Lipinski definition) is 3. The maximum atomic E-state index is 13.0. The van der Waals surface area contributed by atoms with Gasteiger partial charge in [-0.2, -0.15) is 0 Å². The van der Waals surface area contributed by atoms with Gasteiger partial charge < -0.3 is 14.6 Å². The number of aromatic nitrogens is 1. The third kappa shape index (κ3) is 4.29. The van der Waals surface area contributed by atoms with Crippen LogP contribution >= 0.6 is 0 Å². The topological polar surface area (TPSA) is 62.4 Å². The Morgan fingerprint density at radius 3 is 2.36 bits per heavy atom. The molecule has 2 aromatic rings. The third-order valence-electron chi connectivity index (χ3n) is 5.90. The first-order valence-corrected chi connectivity index (χ1v) is 10.0. The van der Waals surface area contributed by atoms with Crippen LogP contribution in [-0.2, 0) is 11.2 Å². The first kappa shape index (κ1) is 20.2. The van der Waals surface area contributed by atoms with Crippen molar-refractivity contribution in [1.29, 1.82) is 0 Å². The number of ether oxygens (including phenoxy) is 1. The zero-order valence-electron chi connectivity index (χ0n) is 17.3. The zero-order chi connectivity index (χ0) is 20.3. The Bertz CT molecular complexity index is 843. The Labute approximate surface area is 167 Å². The van der Waals surface area contributed by atoms with Crippen LogP contribution in [0.1, 0.15) is 62.5 Å². The number of carbonyl (C=O) groups excluding carboxylic acids is 2. The molecule has 150 valence electrons. The third-order valence-corrected chi connectivity index (χ3v) is 5.90. The van der Waals surface area contributed by atoms with Crippen molar-refractivity contribution in [3.05, 3.63) is 57.9 Å². The lowest BCUT2D eigenvalue weighted by molar-refractivity contribution is 0.0599. The Kier molecular flexibility index (Phi) is 6.22. The standard InChI is InChI=1S/C23H30N2O3/c1-15-5-7-18(8-6-15)9-10-19-11-13-25(14-12-19)22(26)21-16(2)20(17(3)24-21)23(27)28-4/h5-8,19,24H,9-14H2,1-4H3. The minimum atomic E-state index is -0.403. The molecule has 0 unspecified atom stereocenters. The number of nitrogens with one attached hydrogen (secondary N) is 1. The first-order chi connectivity index (χ1) is 13.4. The van der Waals surface area contributed by atoms with Crippen LogP contribution in [0.2, 0.25) is 0 Å². The van der Waals surface area contributed by atoms with Crippen molar-refractivity contribution >= 4 is 11.9 Å². The second-order valence-electron chi connectivity index (χ2n) is 7.88. The average molecular weight is 383 g/mol. The largest absolute Gasteiger partial charge is 0.465 e. The summed E-state index contributed by atoms with van der Waals surface area (Å²) in [4.78, 5) is 29.9. The fraction of sp³-hybridized carbons (Fsp3) is 0.478. The Hall–Kier alpha value is -2.56. The highest BCUT2D eigenvalue weighted by molar-refractivity contribution is 6.00. The molecular formula is C23H30N2O3. The van der Waals surface area contributed by atoms with E-state index in [1.807, 2.05) is 4.90 Å². The lowest BCUT2D eigenvalue weighted by atomic mass is 9.90. The van der Waals surface area contributed by atoms with Crippen LogP contribution in [0.5, 0.6) is 0 Å². The second kappa shape index (κ2) is 8.63.